The molecular weight excluding hydrogens is 412 g/mol. The van der Waals surface area contributed by atoms with Crippen LogP contribution in [-0.4, -0.2) is 41.1 Å². The van der Waals surface area contributed by atoms with E-state index in [2.05, 4.69) is 28.4 Å². The van der Waals surface area contributed by atoms with Crippen LogP contribution in [0.4, 0.5) is 5.69 Å². The van der Waals surface area contributed by atoms with Gasteiger partial charge in [0.25, 0.3) is 5.91 Å². The Morgan fingerprint density at radius 2 is 1.88 bits per heavy atom. The van der Waals surface area contributed by atoms with E-state index in [4.69, 9.17) is 0 Å². The summed E-state index contributed by atoms with van der Waals surface area (Å²) in [7, 11) is 4.03. The third-order valence-electron chi connectivity index (χ3n) is 7.10. The lowest BCUT2D eigenvalue weighted by Gasteiger charge is -2.29. The van der Waals surface area contributed by atoms with E-state index in [1.807, 2.05) is 52.4 Å². The second-order valence-electron chi connectivity index (χ2n) is 9.56. The zero-order valence-electron chi connectivity index (χ0n) is 20.3. The molecule has 6 nitrogen and oxygen atoms in total. The third-order valence-corrected chi connectivity index (χ3v) is 7.10. The van der Waals surface area contributed by atoms with Crippen molar-refractivity contribution >= 4 is 17.4 Å². The lowest BCUT2D eigenvalue weighted by atomic mass is 9.88. The Kier molecular flexibility index (Phi) is 6.54. The molecule has 0 spiro atoms. The largest absolute Gasteiger partial charge is 0.371 e. The monoisotopic (exact) mass is 446 g/mol. The van der Waals surface area contributed by atoms with Crippen molar-refractivity contribution in [1.82, 2.24) is 15.1 Å². The highest BCUT2D eigenvalue weighted by molar-refractivity contribution is 6.00. The summed E-state index contributed by atoms with van der Waals surface area (Å²) in [4.78, 5) is 28.2. The van der Waals surface area contributed by atoms with Crippen LogP contribution in [-0.2, 0) is 11.8 Å². The summed E-state index contributed by atoms with van der Waals surface area (Å²) in [5.74, 6) is -0.401. The molecule has 1 heterocycles. The predicted octanol–water partition coefficient (Wildman–Crippen LogP) is 4.60. The number of hydrogen-bond acceptors (Lipinski definition) is 4. The molecule has 0 aliphatic heterocycles. The molecule has 1 unspecified atom stereocenters. The Hall–Kier alpha value is -3.15. The van der Waals surface area contributed by atoms with Gasteiger partial charge in [0, 0.05) is 49.7 Å². The van der Waals surface area contributed by atoms with E-state index in [-0.39, 0.29) is 17.6 Å². The zero-order chi connectivity index (χ0) is 23.7. The molecule has 1 saturated carbocycles. The number of allylic oxidation sites excluding steroid dienone is 3. The summed E-state index contributed by atoms with van der Waals surface area (Å²) in [6.45, 7) is 6.19. The van der Waals surface area contributed by atoms with Crippen LogP contribution < -0.4 is 10.2 Å². The normalized spacial score (nSPS) is 18.8. The van der Waals surface area contributed by atoms with Crippen molar-refractivity contribution in [3.05, 3.63) is 59.0 Å². The van der Waals surface area contributed by atoms with Crippen molar-refractivity contribution in [2.45, 2.75) is 52.5 Å². The lowest BCUT2D eigenvalue weighted by Crippen LogP contribution is -2.35. The molecule has 2 aromatic rings. The number of nitrogens with zero attached hydrogens (tertiary/aromatic N) is 3. The van der Waals surface area contributed by atoms with Crippen LogP contribution in [0.2, 0.25) is 0 Å². The van der Waals surface area contributed by atoms with Crippen LogP contribution in [0.25, 0.3) is 11.1 Å². The van der Waals surface area contributed by atoms with Gasteiger partial charge in [0.05, 0.1) is 12.1 Å². The van der Waals surface area contributed by atoms with Gasteiger partial charge in [0.15, 0.2) is 5.78 Å². The van der Waals surface area contributed by atoms with E-state index in [9.17, 15) is 9.59 Å². The minimum absolute atomic E-state index is 0.0512. The summed E-state index contributed by atoms with van der Waals surface area (Å²) >= 11 is 0. The average molecular weight is 447 g/mol. The molecule has 4 rings (SSSR count). The number of aromatic nitrogens is 2. The van der Waals surface area contributed by atoms with Crippen molar-refractivity contribution in [3.8, 4) is 11.1 Å². The number of amides is 1. The molecule has 0 saturated heterocycles. The van der Waals surface area contributed by atoms with Gasteiger partial charge in [-0.05, 0) is 68.5 Å². The van der Waals surface area contributed by atoms with Crippen molar-refractivity contribution in [3.63, 3.8) is 0 Å². The van der Waals surface area contributed by atoms with Crippen LogP contribution in [0.3, 0.4) is 0 Å². The smallest absolute Gasteiger partial charge is 0.251 e. The number of ketones is 1. The highest BCUT2D eigenvalue weighted by Gasteiger charge is 2.26. The molecule has 33 heavy (non-hydrogen) atoms. The molecular formula is C27H34N4O2. The Morgan fingerprint density at radius 1 is 1.15 bits per heavy atom. The summed E-state index contributed by atoms with van der Waals surface area (Å²) in [6.07, 6.45) is 12.3. The molecule has 0 bridgehead atoms. The fraction of sp³-hybridized carbons (Fsp3) is 0.444. The van der Waals surface area contributed by atoms with Crippen molar-refractivity contribution in [2.75, 3.05) is 18.5 Å². The number of carbonyl (C=O) groups is 2. The Morgan fingerprint density at radius 3 is 2.52 bits per heavy atom. The number of rotatable bonds is 6. The fourth-order valence-electron chi connectivity index (χ4n) is 5.13. The highest BCUT2D eigenvalue weighted by atomic mass is 16.2. The van der Waals surface area contributed by atoms with Crippen LogP contribution in [0, 0.1) is 12.8 Å². The van der Waals surface area contributed by atoms with Crippen LogP contribution in [0.15, 0.2) is 47.8 Å². The molecule has 1 aromatic heterocycles. The molecule has 1 N–H and O–H groups in total. The van der Waals surface area contributed by atoms with Crippen molar-refractivity contribution in [1.29, 1.82) is 0 Å². The average Bonchev–Trinajstić information content (AvgIpc) is 3.44. The second-order valence-corrected chi connectivity index (χ2v) is 9.56. The molecule has 1 amide bonds. The maximum atomic E-state index is 13.4. The first kappa shape index (κ1) is 23.0. The summed E-state index contributed by atoms with van der Waals surface area (Å²) in [5.41, 5.74) is 6.59. The number of anilines is 1. The Balaban J connectivity index is 1.64. The fourth-order valence-corrected chi connectivity index (χ4v) is 5.13. The van der Waals surface area contributed by atoms with E-state index >= 15 is 0 Å². The first-order chi connectivity index (χ1) is 15.7. The molecule has 6 heteroatoms. The van der Waals surface area contributed by atoms with E-state index in [1.54, 1.807) is 10.8 Å². The second kappa shape index (κ2) is 9.38. The SMILES string of the molecule is CC1=CC(=O)C(CNC(=O)c2cc(-c3cnn(C)c3)cc(N(C)C3CCCC3)c2C)C(C)=C1. The number of carbonyl (C=O) groups excluding carboxylic acids is 2. The molecule has 0 radical (unpaired) electrons. The van der Waals surface area contributed by atoms with Gasteiger partial charge in [-0.2, -0.15) is 5.10 Å². The number of benzene rings is 1. The maximum Gasteiger partial charge on any atom is 0.251 e. The van der Waals surface area contributed by atoms with Gasteiger partial charge < -0.3 is 10.2 Å². The van der Waals surface area contributed by atoms with E-state index in [0.29, 0.717) is 18.2 Å². The summed E-state index contributed by atoms with van der Waals surface area (Å²) in [5, 5.41) is 7.35. The van der Waals surface area contributed by atoms with Gasteiger partial charge in [0.2, 0.25) is 0 Å². The van der Waals surface area contributed by atoms with Crippen molar-refractivity contribution < 1.29 is 9.59 Å². The van der Waals surface area contributed by atoms with Gasteiger partial charge >= 0.3 is 0 Å². The summed E-state index contributed by atoms with van der Waals surface area (Å²) < 4.78 is 1.77. The van der Waals surface area contributed by atoms with Gasteiger partial charge in [-0.15, -0.1) is 0 Å². The minimum atomic E-state index is -0.305. The zero-order valence-corrected chi connectivity index (χ0v) is 20.3. The minimum Gasteiger partial charge on any atom is -0.371 e. The lowest BCUT2D eigenvalue weighted by molar-refractivity contribution is -0.117. The molecule has 2 aliphatic carbocycles. The highest BCUT2D eigenvalue weighted by Crippen LogP contribution is 2.34. The maximum absolute atomic E-state index is 13.4. The standard InChI is InChI=1S/C27H34N4O2/c1-17-10-18(2)24(26(32)11-17)15-28-27(33)23-12-20(21-14-29-30(4)16-21)13-25(19(23)3)31(5)22-8-6-7-9-22/h10-14,16,22,24H,6-9,15H2,1-5H3,(H,28,33). The van der Waals surface area contributed by atoms with Crippen LogP contribution in [0.5, 0.6) is 0 Å². The number of aryl methyl sites for hydroxylation is 1. The van der Waals surface area contributed by atoms with E-state index < -0.39 is 0 Å². The van der Waals surface area contributed by atoms with Crippen molar-refractivity contribution in [2.24, 2.45) is 13.0 Å². The van der Waals surface area contributed by atoms with Gasteiger partial charge in [-0.1, -0.05) is 24.5 Å². The third kappa shape index (κ3) is 4.80. The van der Waals surface area contributed by atoms with E-state index in [1.165, 1.54) is 25.7 Å². The Labute approximate surface area is 196 Å². The van der Waals surface area contributed by atoms with Gasteiger partial charge in [-0.25, -0.2) is 0 Å². The predicted molar refractivity (Wildman–Crippen MR) is 132 cm³/mol. The molecule has 1 aromatic carbocycles. The van der Waals surface area contributed by atoms with Crippen LogP contribution in [0.1, 0.15) is 55.5 Å². The first-order valence-corrected chi connectivity index (χ1v) is 11.8. The van der Waals surface area contributed by atoms with Gasteiger partial charge in [0.1, 0.15) is 0 Å². The Bertz CT molecular complexity index is 1130. The first-order valence-electron chi connectivity index (χ1n) is 11.8. The number of hydrogen-bond donors (Lipinski definition) is 1. The topological polar surface area (TPSA) is 67.2 Å². The van der Waals surface area contributed by atoms with Gasteiger partial charge in [-0.3, -0.25) is 14.3 Å². The number of nitrogens with one attached hydrogen (secondary N) is 1. The molecule has 1 fully saturated rings. The molecule has 1 atom stereocenters. The van der Waals surface area contributed by atoms with E-state index in [0.717, 1.165) is 33.5 Å². The quantitative estimate of drug-likeness (QED) is 0.704. The molecule has 174 valence electrons. The molecule has 2 aliphatic rings. The van der Waals surface area contributed by atoms with Crippen LogP contribution >= 0.6 is 0 Å². The summed E-state index contributed by atoms with van der Waals surface area (Å²) in [6, 6.07) is 4.61.